The quantitative estimate of drug-likeness (QED) is 0.590. The molecule has 2 rings (SSSR count). The van der Waals surface area contributed by atoms with Gasteiger partial charge >= 0.3 is 6.09 Å². The van der Waals surface area contributed by atoms with E-state index in [4.69, 9.17) is 4.84 Å². The third-order valence-electron chi connectivity index (χ3n) is 4.21. The number of rotatable bonds is 5. The van der Waals surface area contributed by atoms with Gasteiger partial charge in [-0.1, -0.05) is 12.1 Å². The molecule has 140 valence electrons. The van der Waals surface area contributed by atoms with Crippen molar-refractivity contribution >= 4 is 27.3 Å². The van der Waals surface area contributed by atoms with Crippen LogP contribution in [0, 0.1) is 0 Å². The molecule has 1 unspecified atom stereocenters. The summed E-state index contributed by atoms with van der Waals surface area (Å²) >= 11 is -1.49. The molecule has 1 aliphatic heterocycles. The summed E-state index contributed by atoms with van der Waals surface area (Å²) in [5.41, 5.74) is 0. The van der Waals surface area contributed by atoms with Gasteiger partial charge in [-0.05, 0) is 61.2 Å². The Bertz CT molecular complexity index is 703. The second kappa shape index (κ2) is 8.37. The van der Waals surface area contributed by atoms with Gasteiger partial charge in [-0.2, -0.15) is 0 Å². The molecule has 8 nitrogen and oxygen atoms in total. The Kier molecular flexibility index (Phi) is 6.69. The van der Waals surface area contributed by atoms with E-state index in [1.54, 1.807) is 13.1 Å². The van der Waals surface area contributed by atoms with Crippen molar-refractivity contribution in [1.82, 2.24) is 14.7 Å². The first-order valence-corrected chi connectivity index (χ1v) is 10.8. The molecule has 1 fully saturated rings. The number of sulfonamides is 1. The number of benzene rings is 1. The van der Waals surface area contributed by atoms with Crippen LogP contribution in [0.1, 0.15) is 12.8 Å². The lowest BCUT2D eigenvalue weighted by atomic mass is 10.0. The number of carbonyl (C=O) groups is 1. The van der Waals surface area contributed by atoms with Crippen molar-refractivity contribution in [3.05, 3.63) is 24.3 Å². The monoisotopic (exact) mass is 389 g/mol. The van der Waals surface area contributed by atoms with E-state index in [0.29, 0.717) is 0 Å². The van der Waals surface area contributed by atoms with Gasteiger partial charge in [0, 0.05) is 13.1 Å². The Morgan fingerprint density at radius 2 is 1.96 bits per heavy atom. The average Bonchev–Trinajstić information content (AvgIpc) is 2.59. The maximum Gasteiger partial charge on any atom is 0.429 e. The van der Waals surface area contributed by atoms with Crippen molar-refractivity contribution in [1.29, 1.82) is 0 Å². The minimum Gasteiger partial charge on any atom is -0.612 e. The number of likely N-dealkylation sites (tertiary alicyclic amines) is 1. The molecule has 1 amide bonds. The van der Waals surface area contributed by atoms with Crippen LogP contribution in [0.5, 0.6) is 0 Å². The first-order chi connectivity index (χ1) is 11.7. The predicted octanol–water partition coefficient (Wildman–Crippen LogP) is 0.780. The highest BCUT2D eigenvalue weighted by atomic mass is 32.2. The van der Waals surface area contributed by atoms with Crippen LogP contribution >= 0.6 is 0 Å². The number of piperidine rings is 1. The molecular formula is C15H23N3O5S2. The molecule has 1 aromatic rings. The van der Waals surface area contributed by atoms with Crippen LogP contribution in [-0.2, 0) is 26.0 Å². The molecule has 0 saturated carbocycles. The molecule has 1 aromatic carbocycles. The Morgan fingerprint density at radius 1 is 1.36 bits per heavy atom. The Balaban J connectivity index is 2.01. The lowest BCUT2D eigenvalue weighted by molar-refractivity contribution is 0.0657. The van der Waals surface area contributed by atoms with Crippen molar-refractivity contribution in [2.24, 2.45) is 0 Å². The second-order valence-corrected chi connectivity index (χ2v) is 8.96. The summed E-state index contributed by atoms with van der Waals surface area (Å²) in [6.45, 7) is 1.73. The highest BCUT2D eigenvalue weighted by Gasteiger charge is 2.28. The highest BCUT2D eigenvalue weighted by molar-refractivity contribution is 7.93. The van der Waals surface area contributed by atoms with Gasteiger partial charge in [-0.15, -0.1) is 0 Å². The summed E-state index contributed by atoms with van der Waals surface area (Å²) in [6, 6.07) is 5.88. The van der Waals surface area contributed by atoms with Crippen molar-refractivity contribution < 1.29 is 22.6 Å². The van der Waals surface area contributed by atoms with Gasteiger partial charge in [0.2, 0.25) is 0 Å². The smallest absolute Gasteiger partial charge is 0.429 e. The maximum absolute atomic E-state index is 12.4. The minimum absolute atomic E-state index is 0.00337. The molecule has 10 heteroatoms. The van der Waals surface area contributed by atoms with Crippen LogP contribution in [-0.4, -0.2) is 68.3 Å². The SMILES string of the molecule is CN1CCC(N(C)C(=O)ONS(=O)(=O)c2ccccc2[S+](C)[O-])CC1. The summed E-state index contributed by atoms with van der Waals surface area (Å²) in [5, 5.41) is 0. The van der Waals surface area contributed by atoms with E-state index in [0.717, 1.165) is 25.9 Å². The fourth-order valence-corrected chi connectivity index (χ4v) is 4.81. The number of amides is 1. The van der Waals surface area contributed by atoms with E-state index in [9.17, 15) is 17.8 Å². The fourth-order valence-electron chi connectivity index (χ4n) is 2.65. The summed E-state index contributed by atoms with van der Waals surface area (Å²) in [4.78, 5) is 22.3. The molecule has 1 atom stereocenters. The van der Waals surface area contributed by atoms with E-state index in [1.165, 1.54) is 29.4 Å². The molecule has 1 N–H and O–H groups in total. The van der Waals surface area contributed by atoms with Gasteiger partial charge < -0.3 is 19.2 Å². The summed E-state index contributed by atoms with van der Waals surface area (Å²) in [6.07, 6.45) is 2.21. The minimum atomic E-state index is -4.13. The largest absolute Gasteiger partial charge is 0.612 e. The van der Waals surface area contributed by atoms with E-state index in [-0.39, 0.29) is 15.8 Å². The number of carbonyl (C=O) groups excluding carboxylic acids is 1. The lowest BCUT2D eigenvalue weighted by Crippen LogP contribution is -2.46. The maximum atomic E-state index is 12.4. The summed E-state index contributed by atoms with van der Waals surface area (Å²) < 4.78 is 36.4. The normalized spacial score (nSPS) is 17.9. The molecule has 1 aliphatic rings. The second-order valence-electron chi connectivity index (χ2n) is 6.00. The van der Waals surface area contributed by atoms with Gasteiger partial charge in [0.05, 0.1) is 0 Å². The number of hydrogen-bond acceptors (Lipinski definition) is 6. The third-order valence-corrected chi connectivity index (χ3v) is 6.55. The number of hydrogen-bond donors (Lipinski definition) is 1. The van der Waals surface area contributed by atoms with Crippen LogP contribution in [0.2, 0.25) is 0 Å². The standard InChI is InChI=1S/C15H23N3O5S2/c1-17-10-8-12(9-11-17)18(2)15(19)23-16-25(21,22)14-7-5-4-6-13(14)24(3)20/h4-7,12,16H,8-11H2,1-3H3. The van der Waals surface area contributed by atoms with Crippen LogP contribution in [0.25, 0.3) is 0 Å². The molecule has 0 aromatic heterocycles. The van der Waals surface area contributed by atoms with Gasteiger partial charge in [-0.3, -0.25) is 0 Å². The molecule has 1 heterocycles. The third kappa shape index (κ3) is 5.08. The lowest BCUT2D eigenvalue weighted by Gasteiger charge is -2.34. The van der Waals surface area contributed by atoms with Crippen LogP contribution in [0.4, 0.5) is 4.79 Å². The first kappa shape index (κ1) is 20.0. The topological polar surface area (TPSA) is 102 Å². The van der Waals surface area contributed by atoms with Crippen LogP contribution in [0.15, 0.2) is 34.1 Å². The highest BCUT2D eigenvalue weighted by Crippen LogP contribution is 2.20. The van der Waals surface area contributed by atoms with E-state index in [1.807, 2.05) is 11.9 Å². The van der Waals surface area contributed by atoms with Gasteiger partial charge in [-0.25, -0.2) is 13.2 Å². The Hall–Kier alpha value is -1.33. The van der Waals surface area contributed by atoms with Gasteiger partial charge in [0.25, 0.3) is 10.0 Å². The van der Waals surface area contributed by atoms with Crippen molar-refractivity contribution in [3.8, 4) is 0 Å². The van der Waals surface area contributed by atoms with E-state index >= 15 is 0 Å². The average molecular weight is 389 g/mol. The summed E-state index contributed by atoms with van der Waals surface area (Å²) in [7, 11) is -0.528. The Morgan fingerprint density at radius 3 is 2.56 bits per heavy atom. The molecule has 0 spiro atoms. The zero-order valence-electron chi connectivity index (χ0n) is 14.5. The van der Waals surface area contributed by atoms with E-state index in [2.05, 4.69) is 4.90 Å². The first-order valence-electron chi connectivity index (χ1n) is 7.79. The molecule has 0 aliphatic carbocycles. The number of nitrogens with zero attached hydrogens (tertiary/aromatic N) is 2. The fraction of sp³-hybridized carbons (Fsp3) is 0.533. The number of nitrogens with one attached hydrogen (secondary N) is 1. The molecule has 0 radical (unpaired) electrons. The van der Waals surface area contributed by atoms with Crippen molar-refractivity contribution in [2.45, 2.75) is 28.7 Å². The molecule has 25 heavy (non-hydrogen) atoms. The van der Waals surface area contributed by atoms with Crippen molar-refractivity contribution in [3.63, 3.8) is 0 Å². The summed E-state index contributed by atoms with van der Waals surface area (Å²) in [5.74, 6) is 0. The Labute approximate surface area is 151 Å². The van der Waals surface area contributed by atoms with Crippen LogP contribution in [0.3, 0.4) is 0 Å². The van der Waals surface area contributed by atoms with Gasteiger partial charge in [0.1, 0.15) is 11.2 Å². The zero-order valence-corrected chi connectivity index (χ0v) is 16.1. The molecule has 1 saturated heterocycles. The molecular weight excluding hydrogens is 366 g/mol. The van der Waals surface area contributed by atoms with E-state index < -0.39 is 27.3 Å². The zero-order chi connectivity index (χ0) is 18.6. The van der Waals surface area contributed by atoms with Crippen LogP contribution < -0.4 is 4.89 Å². The van der Waals surface area contributed by atoms with Gasteiger partial charge in [0.15, 0.2) is 4.90 Å². The van der Waals surface area contributed by atoms with Crippen molar-refractivity contribution in [2.75, 3.05) is 33.4 Å². The predicted molar refractivity (Wildman–Crippen MR) is 93.9 cm³/mol. The molecule has 0 bridgehead atoms.